The highest BCUT2D eigenvalue weighted by atomic mass is 32.2. The molecule has 0 spiro atoms. The van der Waals surface area contributed by atoms with Crippen LogP contribution in [0.15, 0.2) is 71.6 Å². The van der Waals surface area contributed by atoms with E-state index < -0.39 is 34.0 Å². The number of amides is 2. The van der Waals surface area contributed by atoms with Crippen molar-refractivity contribution in [2.24, 2.45) is 5.92 Å². The predicted molar refractivity (Wildman–Crippen MR) is 150 cm³/mol. The number of urea groups is 1. The lowest BCUT2D eigenvalue weighted by atomic mass is 10.0. The summed E-state index contributed by atoms with van der Waals surface area (Å²) in [5.41, 5.74) is 1.76. The van der Waals surface area contributed by atoms with Gasteiger partial charge in [-0.1, -0.05) is 37.3 Å². The molecule has 0 radical (unpaired) electrons. The van der Waals surface area contributed by atoms with Crippen molar-refractivity contribution >= 4 is 21.7 Å². The van der Waals surface area contributed by atoms with E-state index >= 15 is 0 Å². The van der Waals surface area contributed by atoms with Crippen LogP contribution in [-0.4, -0.2) is 74.8 Å². The number of anilines is 1. The zero-order valence-electron chi connectivity index (χ0n) is 22.9. The Morgan fingerprint density at radius 1 is 1.20 bits per heavy atom. The van der Waals surface area contributed by atoms with Crippen LogP contribution in [0.4, 0.5) is 14.9 Å². The molecule has 0 unspecified atom stereocenters. The molecule has 3 aromatic carbocycles. The summed E-state index contributed by atoms with van der Waals surface area (Å²) in [6.45, 7) is 3.31. The van der Waals surface area contributed by atoms with Gasteiger partial charge >= 0.3 is 6.03 Å². The van der Waals surface area contributed by atoms with Crippen LogP contribution in [0.1, 0.15) is 13.8 Å². The van der Waals surface area contributed by atoms with Gasteiger partial charge in [-0.2, -0.15) is 4.31 Å². The monoisotopic (exact) mass is 571 g/mol. The van der Waals surface area contributed by atoms with Gasteiger partial charge in [-0.25, -0.2) is 17.6 Å². The minimum Gasteiger partial charge on any atom is -0.496 e. The number of hydrogen-bond acceptors (Lipinski definition) is 6. The molecule has 1 heterocycles. The summed E-state index contributed by atoms with van der Waals surface area (Å²) in [4.78, 5) is 14.3. The second-order valence-electron chi connectivity index (χ2n) is 9.92. The molecule has 1 aliphatic heterocycles. The van der Waals surface area contributed by atoms with E-state index in [1.165, 1.54) is 33.5 Å². The Hall–Kier alpha value is -3.67. The molecule has 3 atom stereocenters. The maximum absolute atomic E-state index is 13.8. The highest BCUT2D eigenvalue weighted by molar-refractivity contribution is 7.89. The largest absolute Gasteiger partial charge is 0.496 e. The number of likely N-dealkylation sites (N-methyl/N-ethyl adjacent to an activating group) is 1. The van der Waals surface area contributed by atoms with Crippen molar-refractivity contribution < 1.29 is 32.2 Å². The lowest BCUT2D eigenvalue weighted by Crippen LogP contribution is -2.50. The summed E-state index contributed by atoms with van der Waals surface area (Å²) in [6.07, 6.45) is -0.612. The first kappa shape index (κ1) is 29.3. The Morgan fingerprint density at radius 2 is 1.95 bits per heavy atom. The van der Waals surface area contributed by atoms with Gasteiger partial charge in [0, 0.05) is 36.8 Å². The van der Waals surface area contributed by atoms with Gasteiger partial charge in [0.1, 0.15) is 28.3 Å². The number of nitrogens with one attached hydrogen (secondary N) is 1. The smallest absolute Gasteiger partial charge is 0.321 e. The number of benzene rings is 3. The van der Waals surface area contributed by atoms with Crippen molar-refractivity contribution in [2.45, 2.75) is 30.9 Å². The lowest BCUT2D eigenvalue weighted by molar-refractivity contribution is 0.0830. The van der Waals surface area contributed by atoms with Gasteiger partial charge in [0.05, 0.1) is 20.3 Å². The number of ether oxygens (including phenoxy) is 2. The minimum atomic E-state index is -4.03. The average molecular weight is 572 g/mol. The van der Waals surface area contributed by atoms with E-state index in [4.69, 9.17) is 9.47 Å². The molecule has 2 N–H and O–H groups in total. The highest BCUT2D eigenvalue weighted by Gasteiger charge is 2.38. The van der Waals surface area contributed by atoms with Crippen molar-refractivity contribution in [1.82, 2.24) is 9.21 Å². The number of fused-ring (bicyclic) bond motifs is 1. The van der Waals surface area contributed by atoms with Gasteiger partial charge in [0.15, 0.2) is 0 Å². The molecule has 3 aromatic rings. The summed E-state index contributed by atoms with van der Waals surface area (Å²) in [6, 6.07) is 16.6. The van der Waals surface area contributed by atoms with E-state index in [0.29, 0.717) is 17.0 Å². The second-order valence-corrected chi connectivity index (χ2v) is 11.8. The quantitative estimate of drug-likeness (QED) is 0.434. The number of hydrogen-bond donors (Lipinski definition) is 2. The third kappa shape index (κ3) is 6.22. The second kappa shape index (κ2) is 12.2. The number of carbonyl (C=O) groups is 1. The van der Waals surface area contributed by atoms with Crippen LogP contribution in [0.25, 0.3) is 11.1 Å². The zero-order chi connectivity index (χ0) is 29.0. The van der Waals surface area contributed by atoms with E-state index in [1.54, 1.807) is 39.3 Å². The van der Waals surface area contributed by atoms with Crippen molar-refractivity contribution in [2.75, 3.05) is 39.2 Å². The molecule has 40 heavy (non-hydrogen) atoms. The van der Waals surface area contributed by atoms with Gasteiger partial charge in [-0.3, -0.25) is 0 Å². The Morgan fingerprint density at radius 3 is 2.65 bits per heavy atom. The molecular formula is C29H34FN3O6S. The van der Waals surface area contributed by atoms with Gasteiger partial charge < -0.3 is 24.8 Å². The summed E-state index contributed by atoms with van der Waals surface area (Å²) >= 11 is 0. The van der Waals surface area contributed by atoms with Crippen LogP contribution in [0.5, 0.6) is 11.5 Å². The molecule has 0 bridgehead atoms. The Balaban J connectivity index is 1.71. The Bertz CT molecular complexity index is 1470. The third-order valence-electron chi connectivity index (χ3n) is 6.96. The van der Waals surface area contributed by atoms with Crippen molar-refractivity contribution in [3.8, 4) is 22.6 Å². The SMILES string of the molecule is COc1ccccc1-c1ccc2c(c1)O[C@@H](CN(C)C(=O)Nc1cccc(F)c1)[C@H](C)CN([C@@H](C)CO)S2(=O)=O. The molecule has 214 valence electrons. The summed E-state index contributed by atoms with van der Waals surface area (Å²) in [5, 5.41) is 12.5. The van der Waals surface area contributed by atoms with Crippen molar-refractivity contribution in [3.63, 3.8) is 0 Å². The fourth-order valence-corrected chi connectivity index (χ4v) is 6.46. The first-order valence-electron chi connectivity index (χ1n) is 12.9. The number of para-hydroxylation sites is 1. The zero-order valence-corrected chi connectivity index (χ0v) is 23.7. The minimum absolute atomic E-state index is 0.0322. The molecule has 1 aliphatic rings. The molecule has 4 rings (SSSR count). The molecule has 2 amide bonds. The first-order valence-corrected chi connectivity index (χ1v) is 14.3. The van der Waals surface area contributed by atoms with Gasteiger partial charge in [-0.15, -0.1) is 0 Å². The van der Waals surface area contributed by atoms with Crippen LogP contribution in [-0.2, 0) is 10.0 Å². The van der Waals surface area contributed by atoms with Gasteiger partial charge in [0.25, 0.3) is 0 Å². The normalized spacial score (nSPS) is 19.4. The number of sulfonamides is 1. The van der Waals surface area contributed by atoms with Crippen molar-refractivity contribution in [1.29, 1.82) is 0 Å². The summed E-state index contributed by atoms with van der Waals surface area (Å²) in [7, 11) is -0.883. The van der Waals surface area contributed by atoms with Crippen LogP contribution in [0, 0.1) is 11.7 Å². The van der Waals surface area contributed by atoms with E-state index in [9.17, 15) is 22.7 Å². The molecule has 0 aliphatic carbocycles. The topological polar surface area (TPSA) is 108 Å². The number of halogens is 1. The first-order chi connectivity index (χ1) is 19.0. The third-order valence-corrected chi connectivity index (χ3v) is 8.98. The number of aliphatic hydroxyl groups excluding tert-OH is 1. The number of aliphatic hydroxyl groups is 1. The van der Waals surface area contributed by atoms with Gasteiger partial charge in [0.2, 0.25) is 10.0 Å². The van der Waals surface area contributed by atoms with E-state index in [0.717, 1.165) is 5.56 Å². The molecule has 9 nitrogen and oxygen atoms in total. The van der Waals surface area contributed by atoms with Crippen molar-refractivity contribution in [3.05, 3.63) is 72.5 Å². The molecule has 0 fully saturated rings. The number of rotatable bonds is 7. The number of methoxy groups -OCH3 is 1. The molecule has 0 saturated heterocycles. The number of carbonyl (C=O) groups excluding carboxylic acids is 1. The fourth-order valence-electron chi connectivity index (χ4n) is 4.63. The average Bonchev–Trinajstić information content (AvgIpc) is 2.94. The van der Waals surface area contributed by atoms with Crippen LogP contribution < -0.4 is 14.8 Å². The molecule has 0 saturated carbocycles. The van der Waals surface area contributed by atoms with Crippen LogP contribution in [0.3, 0.4) is 0 Å². The van der Waals surface area contributed by atoms with E-state index in [-0.39, 0.29) is 36.3 Å². The lowest BCUT2D eigenvalue weighted by Gasteiger charge is -2.37. The maximum Gasteiger partial charge on any atom is 0.321 e. The maximum atomic E-state index is 13.8. The van der Waals surface area contributed by atoms with Crippen LogP contribution in [0.2, 0.25) is 0 Å². The van der Waals surface area contributed by atoms with Crippen LogP contribution >= 0.6 is 0 Å². The standard InChI is InChI=1S/C29H34FN3O6S/c1-19-16-33(20(2)18-34)40(36,37)28-13-12-21(24-10-5-6-11-25(24)38-4)14-26(28)39-27(19)17-32(3)29(35)31-23-9-7-8-22(30)15-23/h5-15,19-20,27,34H,16-18H2,1-4H3,(H,31,35)/t19-,20+,27+/m1/s1. The fraction of sp³-hybridized carbons (Fsp3) is 0.345. The van der Waals surface area contributed by atoms with E-state index in [1.807, 2.05) is 31.2 Å². The molecular weight excluding hydrogens is 537 g/mol. The summed E-state index contributed by atoms with van der Waals surface area (Å²) in [5.74, 6) is -0.0881. The predicted octanol–water partition coefficient (Wildman–Crippen LogP) is 4.43. The number of nitrogens with zero attached hydrogens (tertiary/aromatic N) is 2. The molecule has 0 aromatic heterocycles. The molecule has 11 heteroatoms. The van der Waals surface area contributed by atoms with Gasteiger partial charge in [-0.05, 0) is 48.9 Å². The van der Waals surface area contributed by atoms with E-state index in [2.05, 4.69) is 5.32 Å². The Labute approximate surface area is 234 Å². The highest BCUT2D eigenvalue weighted by Crippen LogP contribution is 2.38. The Kier molecular flexibility index (Phi) is 8.97. The summed E-state index contributed by atoms with van der Waals surface area (Å²) < 4.78 is 54.3.